The molecule has 3 aliphatic heterocycles. The highest BCUT2D eigenvalue weighted by Crippen LogP contribution is 2.57. The van der Waals surface area contributed by atoms with Gasteiger partial charge < -0.3 is 24.0 Å². The number of Topliss-reactive ketones (excluding diaryl/α,β-unsaturated/α-hetero) is 1. The predicted molar refractivity (Wildman–Crippen MR) is 211 cm³/mol. The van der Waals surface area contributed by atoms with E-state index in [9.17, 15) is 22.8 Å². The summed E-state index contributed by atoms with van der Waals surface area (Å²) in [5.41, 5.74) is -3.35. The maximum Gasteiger partial charge on any atom is 0.307 e. The van der Waals surface area contributed by atoms with Crippen LogP contribution in [0.5, 0.6) is 11.6 Å². The summed E-state index contributed by atoms with van der Waals surface area (Å²) in [7, 11) is -1.98. The molecule has 56 heavy (non-hydrogen) atoms. The van der Waals surface area contributed by atoms with Gasteiger partial charge in [0.2, 0.25) is 27.7 Å². The van der Waals surface area contributed by atoms with Crippen LogP contribution < -0.4 is 19.1 Å². The van der Waals surface area contributed by atoms with Crippen LogP contribution in [-0.4, -0.2) is 91.6 Å². The average molecular weight is 799 g/mol. The molecule has 0 unspecified atom stereocenters. The predicted octanol–water partition coefficient (Wildman–Crippen LogP) is 5.35. The number of amides is 2. The zero-order valence-corrected chi connectivity index (χ0v) is 33.2. The minimum absolute atomic E-state index is 0.0103. The zero-order chi connectivity index (χ0) is 45.2. The highest BCUT2D eigenvalue weighted by atomic mass is 32.2. The Labute approximate surface area is 338 Å². The lowest BCUT2D eigenvalue weighted by molar-refractivity contribution is -0.160. The summed E-state index contributed by atoms with van der Waals surface area (Å²) in [5.74, 6) is -4.28. The molecule has 4 heterocycles. The van der Waals surface area contributed by atoms with Crippen molar-refractivity contribution in [3.63, 3.8) is 0 Å². The van der Waals surface area contributed by atoms with E-state index in [4.69, 9.17) is 22.4 Å². The van der Waals surface area contributed by atoms with Crippen molar-refractivity contribution in [2.75, 3.05) is 31.6 Å². The van der Waals surface area contributed by atoms with Gasteiger partial charge in [-0.15, -0.1) is 0 Å². The van der Waals surface area contributed by atoms with Crippen LogP contribution in [0.4, 0.5) is 5.69 Å². The maximum absolute atomic E-state index is 15.1. The second-order valence-electron chi connectivity index (χ2n) is 16.8. The van der Waals surface area contributed by atoms with Crippen molar-refractivity contribution in [3.05, 3.63) is 36.5 Å². The van der Waals surface area contributed by atoms with Crippen molar-refractivity contribution in [3.8, 4) is 11.6 Å². The van der Waals surface area contributed by atoms with Gasteiger partial charge in [0.05, 0.1) is 47.8 Å². The number of nitrogens with zero attached hydrogens (tertiary/aromatic N) is 3. The van der Waals surface area contributed by atoms with Gasteiger partial charge in [-0.05, 0) is 95.1 Å². The molecule has 0 bridgehead atoms. The molecule has 2 amide bonds. The van der Waals surface area contributed by atoms with E-state index in [-0.39, 0.29) is 37.6 Å². The highest BCUT2D eigenvalue weighted by molar-refractivity contribution is 7.90. The van der Waals surface area contributed by atoms with Crippen LogP contribution in [0, 0.1) is 29.1 Å². The first kappa shape index (κ1) is 32.8. The van der Waals surface area contributed by atoms with Crippen molar-refractivity contribution in [2.45, 2.75) is 115 Å². The van der Waals surface area contributed by atoms with E-state index in [1.165, 1.54) is 4.90 Å². The van der Waals surface area contributed by atoms with Crippen molar-refractivity contribution < 1.29 is 50.0 Å². The Morgan fingerprint density at radius 1 is 1.12 bits per heavy atom. The van der Waals surface area contributed by atoms with Crippen molar-refractivity contribution in [1.29, 1.82) is 0 Å². The smallest absolute Gasteiger partial charge is 0.307 e. The first-order valence-electron chi connectivity index (χ1n) is 22.7. The van der Waals surface area contributed by atoms with Gasteiger partial charge in [-0.25, -0.2) is 13.4 Å². The number of benzene rings is 1. The van der Waals surface area contributed by atoms with Crippen molar-refractivity contribution >= 4 is 50.1 Å². The third-order valence-electron chi connectivity index (χ3n) is 12.1. The molecule has 3 fully saturated rings. The Kier molecular flexibility index (Phi) is 8.96. The number of pyridine rings is 1. The van der Waals surface area contributed by atoms with Crippen molar-refractivity contribution in [2.24, 2.45) is 29.1 Å². The second-order valence-corrected chi connectivity index (χ2v) is 18.8. The number of aromatic nitrogens is 1. The monoisotopic (exact) mass is 798 g/mol. The second kappa shape index (κ2) is 15.3. The number of esters is 1. The van der Waals surface area contributed by atoms with E-state index >= 15 is 4.79 Å². The number of sulfonamides is 1. The van der Waals surface area contributed by atoms with E-state index in [1.54, 1.807) is 13.1 Å². The Morgan fingerprint density at radius 3 is 2.66 bits per heavy atom. The topological polar surface area (TPSA) is 162 Å². The van der Waals surface area contributed by atoms with Crippen LogP contribution in [0.3, 0.4) is 0 Å². The van der Waals surface area contributed by atoms with Crippen LogP contribution >= 0.6 is 0 Å². The maximum atomic E-state index is 15.1. The molecule has 0 radical (unpaired) electrons. The first-order chi connectivity index (χ1) is 29.0. The van der Waals surface area contributed by atoms with Gasteiger partial charge >= 0.3 is 5.97 Å². The van der Waals surface area contributed by atoms with Gasteiger partial charge in [-0.3, -0.25) is 23.9 Å². The Morgan fingerprint density at radius 2 is 1.91 bits per heavy atom. The van der Waals surface area contributed by atoms with Crippen molar-refractivity contribution in [1.82, 2.24) is 14.6 Å². The standard InChI is InChI=1S/C42H56N4O9S/c1-25-9-7-8-10-27-22-42(27,40(50)44-56(51,52)29-11-12-29)23-35(47)34-20-28(24-46(34)39(49)32(26(2)19-25)21-36(48)55-41(3,4)5)54-38-31-13-14-33-37(30(31)15-16-43-38)53-18-17-45(33)6/h8,10,13-16,25-29,32,34H,7,9,11-12,17-24H2,1-6H3,(H,44,50)/b10-8-/t25-,26+,27+,28+,32+,34-,42+/m0/s1/i3D3,4D3. The zero-order valence-electron chi connectivity index (χ0n) is 38.4. The lowest BCUT2D eigenvalue weighted by atomic mass is 9.82. The molecule has 14 heteroatoms. The van der Waals surface area contributed by atoms with E-state index in [0.29, 0.717) is 56.4 Å². The number of carbonyl (C=O) groups excluding carboxylic acids is 4. The molecular weight excluding hydrogens is 737 g/mol. The average Bonchev–Trinajstić information content (AvgIpc) is 4.11. The quantitative estimate of drug-likeness (QED) is 0.284. The van der Waals surface area contributed by atoms with Crippen LogP contribution in [0.15, 0.2) is 36.5 Å². The molecule has 0 spiro atoms. The first-order valence-corrected chi connectivity index (χ1v) is 21.2. The van der Waals surface area contributed by atoms with Crippen LogP contribution in [0.1, 0.15) is 100 Å². The number of ether oxygens (including phenoxy) is 3. The van der Waals surface area contributed by atoms with Crippen LogP contribution in [0.25, 0.3) is 10.8 Å². The van der Waals surface area contributed by atoms with E-state index in [0.717, 1.165) is 18.0 Å². The number of hydrogen-bond acceptors (Lipinski definition) is 11. The van der Waals surface area contributed by atoms with Gasteiger partial charge in [0.15, 0.2) is 11.5 Å². The van der Waals surface area contributed by atoms with Crippen LogP contribution in [0.2, 0.25) is 0 Å². The minimum atomic E-state index is -3.94. The molecule has 2 saturated carbocycles. The Hall–Kier alpha value is -4.20. The fraction of sp³-hybridized carbons (Fsp3) is 0.643. The van der Waals surface area contributed by atoms with E-state index < -0.39 is 99.9 Å². The molecule has 1 aromatic heterocycles. The molecule has 13 nitrogen and oxygen atoms in total. The number of ketones is 1. The summed E-state index contributed by atoms with van der Waals surface area (Å²) in [6.45, 7) is -0.818. The van der Waals surface area contributed by atoms with Gasteiger partial charge in [-0.1, -0.05) is 26.0 Å². The van der Waals surface area contributed by atoms with E-state index in [2.05, 4.69) is 14.6 Å². The minimum Gasteiger partial charge on any atom is -0.489 e. The number of allylic oxidation sites excluding steroid dienone is 2. The summed E-state index contributed by atoms with van der Waals surface area (Å²) in [4.78, 5) is 65.5. The number of nitrogens with one attached hydrogen (secondary N) is 1. The lowest BCUT2D eigenvalue weighted by Gasteiger charge is -2.32. The summed E-state index contributed by atoms with van der Waals surface area (Å²) in [5, 5.41) is 0.724. The molecule has 1 aromatic carbocycles. The number of rotatable bonds is 7. The number of anilines is 1. The summed E-state index contributed by atoms with van der Waals surface area (Å²) >= 11 is 0. The lowest BCUT2D eigenvalue weighted by Crippen LogP contribution is -2.47. The van der Waals surface area contributed by atoms with Crippen LogP contribution in [-0.2, 0) is 33.9 Å². The largest absolute Gasteiger partial charge is 0.489 e. The molecule has 7 atom stereocenters. The van der Waals surface area contributed by atoms with Gasteiger partial charge in [0, 0.05) is 45.1 Å². The molecule has 2 aliphatic carbocycles. The van der Waals surface area contributed by atoms with Gasteiger partial charge in [0.1, 0.15) is 18.3 Å². The fourth-order valence-electron chi connectivity index (χ4n) is 8.73. The third-order valence-corrected chi connectivity index (χ3v) is 13.9. The third kappa shape index (κ3) is 8.40. The van der Waals surface area contributed by atoms with Gasteiger partial charge in [-0.2, -0.15) is 0 Å². The normalized spacial score (nSPS) is 32.6. The number of hydrogen-bond donors (Lipinski definition) is 1. The highest BCUT2D eigenvalue weighted by Gasteiger charge is 2.61. The summed E-state index contributed by atoms with van der Waals surface area (Å²) in [6.07, 6.45) is 6.30. The molecule has 304 valence electrons. The Balaban J connectivity index is 1.24. The molecule has 2 aromatic rings. The summed E-state index contributed by atoms with van der Waals surface area (Å²) < 4.78 is 93.8. The van der Waals surface area contributed by atoms with E-state index in [1.807, 2.05) is 44.3 Å². The summed E-state index contributed by atoms with van der Waals surface area (Å²) in [6, 6.07) is 4.41. The number of carbonyl (C=O) groups is 4. The molecule has 1 saturated heterocycles. The van der Waals surface area contributed by atoms with Gasteiger partial charge in [0.25, 0.3) is 0 Å². The number of fused-ring (bicyclic) bond motifs is 5. The number of likely N-dealkylation sites (N-methyl/N-ethyl adjacent to an activating group) is 1. The fourth-order valence-corrected chi connectivity index (χ4v) is 10.1. The molecular formula is C42H56N4O9S. The Bertz CT molecular complexity index is 2240. The molecule has 5 aliphatic rings. The molecule has 1 N–H and O–H groups in total. The SMILES string of the molecule is [2H]C([2H])([2H])C(C)(OC(=O)C[C@H]1C(=O)N2C[C@H](Oc3nccc4c5c(ccc34)N(C)CCO5)C[C@H]2C(=O)C[C@]2(C(=O)NS(=O)(=O)C3CC3)C[C@H]2/C=C\CC[C@H](C)C[C@H]1C)C([2H])([2H])[2H]. The molecule has 7 rings (SSSR count).